The van der Waals surface area contributed by atoms with Gasteiger partial charge in [0.05, 0.1) is 19.6 Å². The Morgan fingerprint density at radius 3 is 1.74 bits per heavy atom. The van der Waals surface area contributed by atoms with Crippen LogP contribution in [0.1, 0.15) is 18.5 Å². The van der Waals surface area contributed by atoms with Crippen molar-refractivity contribution in [1.29, 1.82) is 0 Å². The van der Waals surface area contributed by atoms with E-state index < -0.39 is 0 Å². The van der Waals surface area contributed by atoms with Crippen LogP contribution in [0.2, 0.25) is 0 Å². The fraction of sp³-hybridized carbons (Fsp3) is 0.294. The Bertz CT molecular complexity index is 370. The van der Waals surface area contributed by atoms with E-state index in [1.165, 1.54) is 5.56 Å². The number of hydrogen-bond donors (Lipinski definition) is 0. The standard InChI is InChI=1S/C17H24N.H2O/c1-5-13-18(14-6-2,15-7-3)16(4)17-11-9-8-10-12-17;/h5-12,16H,1-3,13-15H2,4H3;1H2/q+1;/p-1. The van der Waals surface area contributed by atoms with Gasteiger partial charge in [0.15, 0.2) is 0 Å². The molecule has 1 aromatic carbocycles. The smallest absolute Gasteiger partial charge is 0.113 e. The van der Waals surface area contributed by atoms with Gasteiger partial charge in [-0.05, 0) is 25.2 Å². The summed E-state index contributed by atoms with van der Waals surface area (Å²) >= 11 is 0. The van der Waals surface area contributed by atoms with Gasteiger partial charge in [-0.1, -0.05) is 50.1 Å². The van der Waals surface area contributed by atoms with Gasteiger partial charge in [-0.15, -0.1) is 0 Å². The summed E-state index contributed by atoms with van der Waals surface area (Å²) in [4.78, 5) is 0. The van der Waals surface area contributed by atoms with Crippen LogP contribution in [0.5, 0.6) is 0 Å². The summed E-state index contributed by atoms with van der Waals surface area (Å²) in [5.74, 6) is 0. The highest BCUT2D eigenvalue weighted by molar-refractivity contribution is 5.17. The zero-order valence-electron chi connectivity index (χ0n) is 11.8. The van der Waals surface area contributed by atoms with E-state index in [-0.39, 0.29) is 5.48 Å². The molecule has 1 rings (SSSR count). The highest BCUT2D eigenvalue weighted by Gasteiger charge is 2.31. The van der Waals surface area contributed by atoms with Crippen LogP contribution in [0.15, 0.2) is 68.3 Å². The lowest BCUT2D eigenvalue weighted by Gasteiger charge is -2.42. The van der Waals surface area contributed by atoms with Crippen LogP contribution in [0.4, 0.5) is 0 Å². The quantitative estimate of drug-likeness (QED) is 0.513. The third kappa shape index (κ3) is 4.19. The third-order valence-corrected chi connectivity index (χ3v) is 3.58. The van der Waals surface area contributed by atoms with Gasteiger partial charge in [-0.3, -0.25) is 0 Å². The minimum atomic E-state index is 0. The van der Waals surface area contributed by atoms with Crippen LogP contribution in [-0.2, 0) is 0 Å². The van der Waals surface area contributed by atoms with E-state index in [2.05, 4.69) is 57.0 Å². The molecular weight excluding hydrogens is 234 g/mol. The first-order valence-electron chi connectivity index (χ1n) is 6.43. The molecule has 0 amide bonds. The molecule has 0 spiro atoms. The molecule has 0 heterocycles. The Hall–Kier alpha value is -1.64. The summed E-state index contributed by atoms with van der Waals surface area (Å²) in [7, 11) is 0. The van der Waals surface area contributed by atoms with Gasteiger partial charge in [-0.2, -0.15) is 0 Å². The molecule has 0 aliphatic rings. The Morgan fingerprint density at radius 2 is 1.37 bits per heavy atom. The van der Waals surface area contributed by atoms with Crippen molar-refractivity contribution in [1.82, 2.24) is 0 Å². The van der Waals surface area contributed by atoms with Crippen molar-refractivity contribution in [2.24, 2.45) is 0 Å². The maximum absolute atomic E-state index is 3.90. The number of quaternary nitrogens is 1. The normalized spacial score (nSPS) is 12.1. The first-order chi connectivity index (χ1) is 8.70. The first-order valence-corrected chi connectivity index (χ1v) is 6.43. The van der Waals surface area contributed by atoms with Crippen molar-refractivity contribution >= 4 is 0 Å². The van der Waals surface area contributed by atoms with Crippen molar-refractivity contribution in [3.63, 3.8) is 0 Å². The van der Waals surface area contributed by atoms with Gasteiger partial charge in [0.25, 0.3) is 0 Å². The van der Waals surface area contributed by atoms with Gasteiger partial charge in [0.2, 0.25) is 0 Å². The van der Waals surface area contributed by atoms with E-state index in [4.69, 9.17) is 0 Å². The zero-order chi connectivity index (χ0) is 13.4. The second-order valence-electron chi connectivity index (χ2n) is 4.72. The largest absolute Gasteiger partial charge is 0.870 e. The van der Waals surface area contributed by atoms with Crippen molar-refractivity contribution in [3.8, 4) is 0 Å². The summed E-state index contributed by atoms with van der Waals surface area (Å²) in [6.07, 6.45) is 5.98. The van der Waals surface area contributed by atoms with Crippen molar-refractivity contribution < 1.29 is 9.96 Å². The van der Waals surface area contributed by atoms with E-state index in [0.717, 1.165) is 24.1 Å². The van der Waals surface area contributed by atoms with E-state index >= 15 is 0 Å². The maximum atomic E-state index is 3.90. The fourth-order valence-electron chi connectivity index (χ4n) is 2.52. The lowest BCUT2D eigenvalue weighted by atomic mass is 10.0. The number of nitrogens with zero attached hydrogens (tertiary/aromatic N) is 1. The molecule has 1 unspecified atom stereocenters. The molecule has 0 aliphatic heterocycles. The molecule has 2 heteroatoms. The topological polar surface area (TPSA) is 30.0 Å². The number of hydrogen-bond acceptors (Lipinski definition) is 1. The summed E-state index contributed by atoms with van der Waals surface area (Å²) in [5.41, 5.74) is 1.35. The van der Waals surface area contributed by atoms with Gasteiger partial charge < -0.3 is 9.96 Å². The van der Waals surface area contributed by atoms with E-state index in [9.17, 15) is 0 Å². The molecule has 1 aromatic rings. The lowest BCUT2D eigenvalue weighted by molar-refractivity contribution is -0.939. The molecule has 1 atom stereocenters. The molecule has 104 valence electrons. The van der Waals surface area contributed by atoms with E-state index in [1.807, 2.05) is 18.2 Å². The van der Waals surface area contributed by atoms with Crippen molar-refractivity contribution in [3.05, 3.63) is 73.9 Å². The highest BCUT2D eigenvalue weighted by atomic mass is 16.0. The molecule has 0 radical (unpaired) electrons. The molecule has 0 bridgehead atoms. The second-order valence-corrected chi connectivity index (χ2v) is 4.72. The van der Waals surface area contributed by atoms with Crippen LogP contribution < -0.4 is 0 Å². The Kier molecular flexibility index (Phi) is 7.73. The van der Waals surface area contributed by atoms with Crippen LogP contribution in [-0.4, -0.2) is 29.6 Å². The molecular formula is C17H25NO. The SMILES string of the molecule is C=CC[N+](CC=C)(CC=C)C(C)c1ccccc1.[OH-]. The second kappa shape index (κ2) is 8.46. The minimum absolute atomic E-state index is 0. The molecule has 0 aliphatic carbocycles. The summed E-state index contributed by atoms with van der Waals surface area (Å²) in [6, 6.07) is 11.0. The monoisotopic (exact) mass is 259 g/mol. The Morgan fingerprint density at radius 1 is 0.947 bits per heavy atom. The molecule has 0 aromatic heterocycles. The van der Waals surface area contributed by atoms with Gasteiger partial charge in [0.1, 0.15) is 6.04 Å². The fourth-order valence-corrected chi connectivity index (χ4v) is 2.52. The zero-order valence-corrected chi connectivity index (χ0v) is 11.8. The predicted molar refractivity (Wildman–Crippen MR) is 82.2 cm³/mol. The molecule has 0 saturated carbocycles. The summed E-state index contributed by atoms with van der Waals surface area (Å²) < 4.78 is 0.903. The maximum Gasteiger partial charge on any atom is 0.113 e. The minimum Gasteiger partial charge on any atom is -0.870 e. The molecule has 1 N–H and O–H groups in total. The number of rotatable bonds is 8. The van der Waals surface area contributed by atoms with Crippen LogP contribution in [0.3, 0.4) is 0 Å². The van der Waals surface area contributed by atoms with Crippen LogP contribution in [0.25, 0.3) is 0 Å². The van der Waals surface area contributed by atoms with Crippen molar-refractivity contribution in [2.45, 2.75) is 13.0 Å². The van der Waals surface area contributed by atoms with Gasteiger partial charge in [0, 0.05) is 5.56 Å². The predicted octanol–water partition coefficient (Wildman–Crippen LogP) is 3.95. The van der Waals surface area contributed by atoms with Gasteiger partial charge >= 0.3 is 0 Å². The Labute approximate surface area is 117 Å². The van der Waals surface area contributed by atoms with Gasteiger partial charge in [-0.25, -0.2) is 0 Å². The van der Waals surface area contributed by atoms with Crippen molar-refractivity contribution in [2.75, 3.05) is 19.6 Å². The first kappa shape index (κ1) is 17.4. The highest BCUT2D eigenvalue weighted by Crippen LogP contribution is 2.28. The third-order valence-electron chi connectivity index (χ3n) is 3.58. The van der Waals surface area contributed by atoms with Crippen LogP contribution in [0, 0.1) is 0 Å². The lowest BCUT2D eigenvalue weighted by Crippen LogP contribution is -2.50. The van der Waals surface area contributed by atoms with Crippen LogP contribution >= 0.6 is 0 Å². The van der Waals surface area contributed by atoms with E-state index in [0.29, 0.717) is 6.04 Å². The molecule has 2 nitrogen and oxygen atoms in total. The molecule has 19 heavy (non-hydrogen) atoms. The summed E-state index contributed by atoms with van der Waals surface area (Å²) in [5, 5.41) is 0. The number of benzene rings is 1. The van der Waals surface area contributed by atoms with E-state index in [1.54, 1.807) is 0 Å². The molecule has 0 saturated heterocycles. The Balaban J connectivity index is 0.00000324. The summed E-state index contributed by atoms with van der Waals surface area (Å²) in [6.45, 7) is 16.7. The average molecular weight is 259 g/mol. The average Bonchev–Trinajstić information content (AvgIpc) is 2.39. The molecule has 0 fully saturated rings.